The van der Waals surface area contributed by atoms with Crippen LogP contribution >= 0.6 is 0 Å². The maximum absolute atomic E-state index is 10.5. The fourth-order valence-electron chi connectivity index (χ4n) is 1.28. The summed E-state index contributed by atoms with van der Waals surface area (Å²) < 4.78 is 0. The molecule has 0 fully saturated rings. The Morgan fingerprint density at radius 1 is 1.33 bits per heavy atom. The van der Waals surface area contributed by atoms with Crippen LogP contribution in [0.4, 0.5) is 5.69 Å². The molecule has 0 aliphatic carbocycles. The normalized spacial score (nSPS) is 13.8. The van der Waals surface area contributed by atoms with Gasteiger partial charge in [0.05, 0.1) is 11.3 Å². The number of allylic oxidation sites excluding steroid dienone is 1. The van der Waals surface area contributed by atoms with Crippen LogP contribution in [-0.2, 0) is 4.79 Å². The highest BCUT2D eigenvalue weighted by Crippen LogP contribution is 2.29. The SMILES string of the molecule is O=C=C1CC=Nc2ccccc21. The second-order valence-electron chi connectivity index (χ2n) is 2.61. The Hall–Kier alpha value is -1.66. The number of carbonyl (C=O) groups excluding carboxylic acids is 1. The third-order valence-electron chi connectivity index (χ3n) is 1.88. The molecule has 0 N–H and O–H groups in total. The number of rotatable bonds is 0. The van der Waals surface area contributed by atoms with Gasteiger partial charge < -0.3 is 0 Å². The average molecular weight is 157 g/mol. The second kappa shape index (κ2) is 2.76. The number of para-hydroxylation sites is 1. The number of fused-ring (bicyclic) bond motifs is 1. The summed E-state index contributed by atoms with van der Waals surface area (Å²) in [6.45, 7) is 0. The standard InChI is InChI=1S/C10H7NO/c12-7-8-5-6-11-10-4-2-1-3-9(8)10/h1-4,6H,5H2. The fraction of sp³-hybridized carbons (Fsp3) is 0.100. The topological polar surface area (TPSA) is 29.4 Å². The van der Waals surface area contributed by atoms with Crippen LogP contribution in [-0.4, -0.2) is 12.2 Å². The minimum Gasteiger partial charge on any atom is -0.260 e. The van der Waals surface area contributed by atoms with E-state index in [1.807, 2.05) is 30.2 Å². The van der Waals surface area contributed by atoms with Gasteiger partial charge in [0.2, 0.25) is 0 Å². The van der Waals surface area contributed by atoms with Crippen molar-refractivity contribution in [3.05, 3.63) is 29.8 Å². The Balaban J connectivity index is 2.68. The van der Waals surface area contributed by atoms with Gasteiger partial charge in [-0.25, -0.2) is 4.79 Å². The maximum atomic E-state index is 10.5. The molecule has 1 aliphatic rings. The molecule has 0 saturated heterocycles. The monoisotopic (exact) mass is 157 g/mol. The molecule has 0 aromatic heterocycles. The minimum atomic E-state index is 0.598. The van der Waals surface area contributed by atoms with Crippen LogP contribution in [0.3, 0.4) is 0 Å². The summed E-state index contributed by atoms with van der Waals surface area (Å²) in [4.78, 5) is 14.7. The van der Waals surface area contributed by atoms with E-state index in [-0.39, 0.29) is 0 Å². The van der Waals surface area contributed by atoms with Crippen LogP contribution in [0, 0.1) is 0 Å². The second-order valence-corrected chi connectivity index (χ2v) is 2.61. The van der Waals surface area contributed by atoms with Crippen molar-refractivity contribution in [2.45, 2.75) is 6.42 Å². The van der Waals surface area contributed by atoms with Crippen molar-refractivity contribution in [1.82, 2.24) is 0 Å². The molecule has 1 aromatic rings. The van der Waals surface area contributed by atoms with E-state index in [4.69, 9.17) is 0 Å². The molecule has 0 radical (unpaired) electrons. The predicted octanol–water partition coefficient (Wildman–Crippen LogP) is 2.01. The fourth-order valence-corrected chi connectivity index (χ4v) is 1.28. The highest BCUT2D eigenvalue weighted by Gasteiger charge is 2.09. The summed E-state index contributed by atoms with van der Waals surface area (Å²) in [7, 11) is 0. The molecule has 0 unspecified atom stereocenters. The average Bonchev–Trinajstić information content (AvgIpc) is 2.17. The van der Waals surface area contributed by atoms with Gasteiger partial charge in [-0.1, -0.05) is 18.2 Å². The molecule has 0 amide bonds. The number of nitrogens with zero attached hydrogens (tertiary/aromatic N) is 1. The summed E-state index contributed by atoms with van der Waals surface area (Å²) in [5, 5.41) is 0. The van der Waals surface area contributed by atoms with Crippen molar-refractivity contribution < 1.29 is 4.79 Å². The molecule has 2 heteroatoms. The van der Waals surface area contributed by atoms with E-state index < -0.39 is 0 Å². The van der Waals surface area contributed by atoms with Crippen LogP contribution in [0.25, 0.3) is 5.57 Å². The zero-order valence-corrected chi connectivity index (χ0v) is 6.45. The van der Waals surface area contributed by atoms with Crippen molar-refractivity contribution >= 4 is 23.4 Å². The first-order valence-electron chi connectivity index (χ1n) is 3.78. The Morgan fingerprint density at radius 3 is 3.00 bits per heavy atom. The van der Waals surface area contributed by atoms with Gasteiger partial charge in [-0.15, -0.1) is 0 Å². The summed E-state index contributed by atoms with van der Waals surface area (Å²) in [6, 6.07) is 7.59. The number of hydrogen-bond acceptors (Lipinski definition) is 2. The van der Waals surface area contributed by atoms with E-state index >= 15 is 0 Å². The van der Waals surface area contributed by atoms with Gasteiger partial charge in [0.25, 0.3) is 0 Å². The van der Waals surface area contributed by atoms with E-state index in [9.17, 15) is 4.79 Å². The molecule has 0 atom stereocenters. The van der Waals surface area contributed by atoms with Gasteiger partial charge in [0.1, 0.15) is 5.94 Å². The smallest absolute Gasteiger partial charge is 0.129 e. The van der Waals surface area contributed by atoms with Gasteiger partial charge in [-0.3, -0.25) is 4.99 Å². The van der Waals surface area contributed by atoms with E-state index in [2.05, 4.69) is 4.99 Å². The molecule has 2 nitrogen and oxygen atoms in total. The van der Waals surface area contributed by atoms with Gasteiger partial charge in [-0.05, 0) is 6.07 Å². The van der Waals surface area contributed by atoms with Crippen molar-refractivity contribution in [3.8, 4) is 0 Å². The van der Waals surface area contributed by atoms with Crippen LogP contribution in [0.15, 0.2) is 29.3 Å². The van der Waals surface area contributed by atoms with Crippen molar-refractivity contribution in [1.29, 1.82) is 0 Å². The summed E-state index contributed by atoms with van der Waals surface area (Å²) in [6.07, 6.45) is 2.34. The molecule has 12 heavy (non-hydrogen) atoms. The lowest BCUT2D eigenvalue weighted by Crippen LogP contribution is -1.92. The lowest BCUT2D eigenvalue weighted by atomic mass is 10.0. The van der Waals surface area contributed by atoms with Crippen LogP contribution in [0.5, 0.6) is 0 Å². The Morgan fingerprint density at radius 2 is 2.17 bits per heavy atom. The van der Waals surface area contributed by atoms with E-state index in [0.717, 1.165) is 11.3 Å². The summed E-state index contributed by atoms with van der Waals surface area (Å²) in [5.74, 6) is 1.94. The van der Waals surface area contributed by atoms with Gasteiger partial charge in [0, 0.05) is 18.2 Å². The number of hydrogen-bond donors (Lipinski definition) is 0. The highest BCUT2D eigenvalue weighted by molar-refractivity contribution is 6.00. The number of aliphatic imine (C=N–C) groups is 1. The van der Waals surface area contributed by atoms with E-state index in [1.165, 1.54) is 0 Å². The van der Waals surface area contributed by atoms with E-state index in [1.54, 1.807) is 6.21 Å². The first-order chi connectivity index (χ1) is 5.92. The lowest BCUT2D eigenvalue weighted by molar-refractivity contribution is 0.569. The predicted molar refractivity (Wildman–Crippen MR) is 48.3 cm³/mol. The zero-order chi connectivity index (χ0) is 8.39. The highest BCUT2D eigenvalue weighted by atomic mass is 16.1. The quantitative estimate of drug-likeness (QED) is 0.529. The third kappa shape index (κ3) is 0.987. The van der Waals surface area contributed by atoms with Gasteiger partial charge in [-0.2, -0.15) is 0 Å². The molecule has 0 saturated carbocycles. The molecule has 1 aromatic carbocycles. The van der Waals surface area contributed by atoms with Crippen molar-refractivity contribution in [2.75, 3.05) is 0 Å². The molecule has 58 valence electrons. The van der Waals surface area contributed by atoms with Gasteiger partial charge in [0.15, 0.2) is 0 Å². The molecule has 2 rings (SSSR count). The van der Waals surface area contributed by atoms with Gasteiger partial charge >= 0.3 is 0 Å². The Kier molecular flexibility index (Phi) is 1.61. The zero-order valence-electron chi connectivity index (χ0n) is 6.45. The van der Waals surface area contributed by atoms with Crippen LogP contribution in [0.1, 0.15) is 12.0 Å². The molecular weight excluding hydrogens is 150 g/mol. The molecular formula is C10H7NO. The summed E-state index contributed by atoms with van der Waals surface area (Å²) >= 11 is 0. The summed E-state index contributed by atoms with van der Waals surface area (Å²) in [5.41, 5.74) is 2.47. The van der Waals surface area contributed by atoms with Crippen LogP contribution < -0.4 is 0 Å². The minimum absolute atomic E-state index is 0.598. The van der Waals surface area contributed by atoms with Crippen molar-refractivity contribution in [3.63, 3.8) is 0 Å². The maximum Gasteiger partial charge on any atom is 0.129 e. The van der Waals surface area contributed by atoms with Crippen molar-refractivity contribution in [2.24, 2.45) is 4.99 Å². The lowest BCUT2D eigenvalue weighted by Gasteiger charge is -2.08. The first-order valence-corrected chi connectivity index (χ1v) is 3.78. The van der Waals surface area contributed by atoms with Crippen LogP contribution in [0.2, 0.25) is 0 Å². The van der Waals surface area contributed by atoms with E-state index in [0.29, 0.717) is 12.0 Å². The Bertz CT molecular complexity index is 387. The third-order valence-corrected chi connectivity index (χ3v) is 1.88. The number of benzene rings is 1. The molecule has 1 aliphatic heterocycles. The molecule has 0 bridgehead atoms. The molecule has 1 heterocycles. The largest absolute Gasteiger partial charge is 0.260 e. The first kappa shape index (κ1) is 7.01. The molecule has 0 spiro atoms. The Labute approximate surface area is 70.3 Å².